The highest BCUT2D eigenvalue weighted by molar-refractivity contribution is 7.89. The molecule has 1 unspecified atom stereocenters. The Balaban J connectivity index is 2.12. The van der Waals surface area contributed by atoms with Gasteiger partial charge in [0, 0.05) is 22.7 Å². The van der Waals surface area contributed by atoms with Crippen molar-refractivity contribution in [2.24, 2.45) is 5.14 Å². The van der Waals surface area contributed by atoms with Gasteiger partial charge in [-0.2, -0.15) is 4.68 Å². The number of nitrogens with two attached hydrogens (primary N) is 1. The van der Waals surface area contributed by atoms with Gasteiger partial charge >= 0.3 is 0 Å². The number of aliphatic hydroxyl groups is 1. The van der Waals surface area contributed by atoms with E-state index in [2.05, 4.69) is 20.8 Å². The van der Waals surface area contributed by atoms with E-state index in [-0.39, 0.29) is 15.7 Å². The lowest BCUT2D eigenvalue weighted by molar-refractivity contribution is 0.110. The first-order valence-corrected chi connectivity index (χ1v) is 10.2. The Morgan fingerprint density at radius 1 is 1.46 bits per heavy atom. The summed E-state index contributed by atoms with van der Waals surface area (Å²) in [6, 6.07) is 6.62. The predicted octanol–water partition coefficient (Wildman–Crippen LogP) is 1.83. The van der Waals surface area contributed by atoms with Crippen molar-refractivity contribution < 1.29 is 13.5 Å². The molecule has 0 aliphatic rings. The molecule has 1 aromatic carbocycles. The summed E-state index contributed by atoms with van der Waals surface area (Å²) in [5, 5.41) is 31.4. The molecule has 0 fully saturated rings. The van der Waals surface area contributed by atoms with E-state index in [1.807, 2.05) is 17.5 Å². The summed E-state index contributed by atoms with van der Waals surface area (Å²) in [5.74, 6) is 0.176. The van der Waals surface area contributed by atoms with Crippen molar-refractivity contribution in [2.45, 2.75) is 24.6 Å². The van der Waals surface area contributed by atoms with Gasteiger partial charge in [0.05, 0.1) is 5.02 Å². The van der Waals surface area contributed by atoms with Crippen molar-refractivity contribution in [1.29, 1.82) is 0 Å². The van der Waals surface area contributed by atoms with Crippen LogP contribution in [-0.2, 0) is 16.6 Å². The summed E-state index contributed by atoms with van der Waals surface area (Å²) in [6.45, 7) is 1.97. The van der Waals surface area contributed by atoms with Gasteiger partial charge in [0.15, 0.2) is 5.82 Å². The zero-order valence-corrected chi connectivity index (χ0v) is 15.9. The monoisotopic (exact) mass is 414 g/mol. The minimum absolute atomic E-state index is 0.0269. The molecule has 3 aromatic rings. The SMILES string of the molecule is CC(O)n1nnnc1-c1cc(S(N)(=O)=O)c(Cl)cc1NCc1cccs1. The number of primary sulfonamides is 1. The van der Waals surface area contributed by atoms with Crippen LogP contribution in [0.15, 0.2) is 34.5 Å². The molecule has 4 N–H and O–H groups in total. The fourth-order valence-electron chi connectivity index (χ4n) is 2.32. The molecule has 2 aromatic heterocycles. The number of tetrazole rings is 1. The van der Waals surface area contributed by atoms with E-state index in [0.29, 0.717) is 17.8 Å². The van der Waals surface area contributed by atoms with Crippen LogP contribution in [0.5, 0.6) is 0 Å². The second-order valence-corrected chi connectivity index (χ2v) is 8.35. The third kappa shape index (κ3) is 3.86. The molecule has 0 bridgehead atoms. The minimum Gasteiger partial charge on any atom is -0.380 e. The van der Waals surface area contributed by atoms with Crippen molar-refractivity contribution in [3.63, 3.8) is 0 Å². The molecule has 0 amide bonds. The van der Waals surface area contributed by atoms with Gasteiger partial charge in [0.1, 0.15) is 11.1 Å². The van der Waals surface area contributed by atoms with Crippen molar-refractivity contribution >= 4 is 38.6 Å². The summed E-state index contributed by atoms with van der Waals surface area (Å²) in [5.41, 5.74) is 0.855. The van der Waals surface area contributed by atoms with Gasteiger partial charge in [-0.05, 0) is 40.9 Å². The Morgan fingerprint density at radius 2 is 2.23 bits per heavy atom. The second kappa shape index (κ2) is 7.29. The third-order valence-electron chi connectivity index (χ3n) is 3.50. The van der Waals surface area contributed by atoms with Crippen LogP contribution >= 0.6 is 22.9 Å². The van der Waals surface area contributed by atoms with Crippen LogP contribution in [0.1, 0.15) is 18.0 Å². The van der Waals surface area contributed by atoms with Crippen LogP contribution in [0, 0.1) is 0 Å². The number of halogens is 1. The van der Waals surface area contributed by atoms with Crippen molar-refractivity contribution in [3.05, 3.63) is 39.5 Å². The average Bonchev–Trinajstić information content (AvgIpc) is 3.23. The van der Waals surface area contributed by atoms with Gasteiger partial charge in [-0.25, -0.2) is 13.6 Å². The predicted molar refractivity (Wildman–Crippen MR) is 98.2 cm³/mol. The first-order chi connectivity index (χ1) is 12.3. The average molecular weight is 415 g/mol. The number of hydrogen-bond donors (Lipinski definition) is 3. The zero-order valence-electron chi connectivity index (χ0n) is 13.5. The van der Waals surface area contributed by atoms with E-state index in [1.165, 1.54) is 19.1 Å². The summed E-state index contributed by atoms with van der Waals surface area (Å²) < 4.78 is 24.8. The molecule has 2 heterocycles. The highest BCUT2D eigenvalue weighted by atomic mass is 35.5. The fraction of sp³-hybridized carbons (Fsp3) is 0.214. The number of aromatic nitrogens is 4. The summed E-state index contributed by atoms with van der Waals surface area (Å²) >= 11 is 7.67. The van der Waals surface area contributed by atoms with E-state index in [9.17, 15) is 13.5 Å². The van der Waals surface area contributed by atoms with Crippen LogP contribution in [-0.4, -0.2) is 33.7 Å². The maximum atomic E-state index is 11.8. The summed E-state index contributed by atoms with van der Waals surface area (Å²) in [7, 11) is -4.05. The third-order valence-corrected chi connectivity index (χ3v) is 5.75. The number of rotatable bonds is 6. The highest BCUT2D eigenvalue weighted by Gasteiger charge is 2.22. The molecule has 9 nitrogen and oxygen atoms in total. The van der Waals surface area contributed by atoms with Gasteiger partial charge in [0.25, 0.3) is 0 Å². The molecule has 0 saturated heterocycles. The summed E-state index contributed by atoms with van der Waals surface area (Å²) in [6.07, 6.45) is -1.02. The van der Waals surface area contributed by atoms with Crippen LogP contribution in [0.2, 0.25) is 5.02 Å². The smallest absolute Gasteiger partial charge is 0.239 e. The van der Waals surface area contributed by atoms with Crippen LogP contribution in [0.25, 0.3) is 11.4 Å². The van der Waals surface area contributed by atoms with Crippen LogP contribution < -0.4 is 10.5 Å². The van der Waals surface area contributed by atoms with E-state index in [1.54, 1.807) is 11.3 Å². The van der Waals surface area contributed by atoms with Crippen molar-refractivity contribution in [3.8, 4) is 11.4 Å². The molecule has 1 atom stereocenters. The maximum Gasteiger partial charge on any atom is 0.239 e. The first kappa shape index (κ1) is 18.7. The number of hydrogen-bond acceptors (Lipinski definition) is 8. The highest BCUT2D eigenvalue weighted by Crippen LogP contribution is 2.34. The molecular formula is C14H15ClN6O3S2. The topological polar surface area (TPSA) is 136 Å². The number of nitrogens with zero attached hydrogens (tertiary/aromatic N) is 4. The number of anilines is 1. The molecule has 0 spiro atoms. The molecule has 12 heteroatoms. The lowest BCUT2D eigenvalue weighted by Crippen LogP contribution is -2.14. The standard InChI is InChI=1S/C14H15ClN6O3S2/c1-8(22)21-14(18-19-20-21)10-5-13(26(16,23)24)11(15)6-12(10)17-7-9-3-2-4-25-9/h2-6,8,17,22H,7H2,1H3,(H2,16,23,24). The van der Waals surface area contributed by atoms with Gasteiger partial charge in [-0.1, -0.05) is 17.7 Å². The second-order valence-electron chi connectivity index (χ2n) is 5.39. The lowest BCUT2D eigenvalue weighted by atomic mass is 10.1. The number of sulfonamides is 1. The lowest BCUT2D eigenvalue weighted by Gasteiger charge is -2.15. The molecule has 3 rings (SSSR count). The van der Waals surface area contributed by atoms with Crippen molar-refractivity contribution in [1.82, 2.24) is 20.2 Å². The zero-order chi connectivity index (χ0) is 18.9. The first-order valence-electron chi connectivity index (χ1n) is 7.36. The molecule has 0 aliphatic carbocycles. The number of thiophene rings is 1. The molecule has 0 saturated carbocycles. The Morgan fingerprint density at radius 3 is 2.85 bits per heavy atom. The molecule has 0 radical (unpaired) electrons. The van der Waals surface area contributed by atoms with Gasteiger partial charge in [-0.15, -0.1) is 16.4 Å². The van der Waals surface area contributed by atoms with E-state index in [0.717, 1.165) is 9.56 Å². The van der Waals surface area contributed by atoms with E-state index >= 15 is 0 Å². The molecule has 138 valence electrons. The van der Waals surface area contributed by atoms with Crippen molar-refractivity contribution in [2.75, 3.05) is 5.32 Å². The molecular weight excluding hydrogens is 400 g/mol. The minimum atomic E-state index is -4.05. The largest absolute Gasteiger partial charge is 0.380 e. The normalized spacial score (nSPS) is 12.9. The van der Waals surface area contributed by atoms with E-state index < -0.39 is 16.3 Å². The Hall–Kier alpha value is -2.05. The van der Waals surface area contributed by atoms with Gasteiger partial charge < -0.3 is 10.4 Å². The molecule has 0 aliphatic heterocycles. The number of benzene rings is 1. The van der Waals surface area contributed by atoms with Crippen LogP contribution in [0.3, 0.4) is 0 Å². The maximum absolute atomic E-state index is 11.8. The Kier molecular flexibility index (Phi) is 5.25. The Bertz CT molecular complexity index is 1020. The number of nitrogens with one attached hydrogen (secondary N) is 1. The number of aliphatic hydroxyl groups excluding tert-OH is 1. The summed E-state index contributed by atoms with van der Waals surface area (Å²) in [4.78, 5) is 0.814. The van der Waals surface area contributed by atoms with Gasteiger partial charge in [0.2, 0.25) is 10.0 Å². The Labute approximate surface area is 158 Å². The quantitative estimate of drug-likeness (QED) is 0.559. The van der Waals surface area contributed by atoms with Gasteiger partial charge in [-0.3, -0.25) is 0 Å². The van der Waals surface area contributed by atoms with E-state index in [4.69, 9.17) is 16.7 Å². The molecule has 26 heavy (non-hydrogen) atoms. The van der Waals surface area contributed by atoms with Crippen LogP contribution in [0.4, 0.5) is 5.69 Å². The fourth-order valence-corrected chi connectivity index (χ4v) is 4.06.